The third-order valence-corrected chi connectivity index (χ3v) is 17.0. The summed E-state index contributed by atoms with van der Waals surface area (Å²) < 4.78 is 4.42. The molecule has 6 heterocycles. The molecule has 0 atom stereocenters. The maximum atomic E-state index is 2.53. The molecule has 0 radical (unpaired) electrons. The van der Waals surface area contributed by atoms with Gasteiger partial charge in [0.15, 0.2) is 0 Å². The van der Waals surface area contributed by atoms with Crippen LogP contribution in [0.4, 0.5) is 0 Å². The molecule has 48 heavy (non-hydrogen) atoms. The average Bonchev–Trinajstić information content (AvgIpc) is 3.93. The molecule has 0 aliphatic carbocycles. The van der Waals surface area contributed by atoms with Crippen LogP contribution >= 0.6 is 68.0 Å². The monoisotopic (exact) mass is 744 g/mol. The molecule has 0 nitrogen and oxygen atoms in total. The number of hydrogen-bond donors (Lipinski definition) is 0. The predicted molar refractivity (Wildman–Crippen MR) is 226 cm³/mol. The molecule has 252 valence electrons. The Bertz CT molecular complexity index is 1730. The van der Waals surface area contributed by atoms with Gasteiger partial charge in [0.2, 0.25) is 0 Å². The van der Waals surface area contributed by atoms with Gasteiger partial charge in [0.05, 0.1) is 0 Å². The van der Waals surface area contributed by atoms with Gasteiger partial charge < -0.3 is 0 Å². The minimum atomic E-state index is 1.22. The number of rotatable bonds is 18. The summed E-state index contributed by atoms with van der Waals surface area (Å²) in [5.41, 5.74) is 0. The molecule has 6 heteroatoms. The van der Waals surface area contributed by atoms with Crippen LogP contribution in [0.15, 0.2) is 54.6 Å². The average molecular weight is 745 g/mol. The first-order valence-electron chi connectivity index (χ1n) is 18.3. The van der Waals surface area contributed by atoms with Crippen molar-refractivity contribution in [3.05, 3.63) is 69.2 Å². The molecule has 0 aliphatic rings. The summed E-state index contributed by atoms with van der Waals surface area (Å²) in [7, 11) is 0. The molecule has 0 fully saturated rings. The van der Waals surface area contributed by atoms with Gasteiger partial charge in [-0.1, -0.05) is 78.6 Å². The fourth-order valence-electron chi connectivity index (χ4n) is 6.76. The number of thiophene rings is 6. The van der Waals surface area contributed by atoms with Crippen molar-refractivity contribution in [1.29, 1.82) is 0 Å². The van der Waals surface area contributed by atoms with Crippen LogP contribution in [0.1, 0.15) is 112 Å². The number of benzene rings is 1. The normalized spacial score (nSPS) is 12.1. The van der Waals surface area contributed by atoms with Gasteiger partial charge >= 0.3 is 0 Å². The molecular formula is C42H48S6. The van der Waals surface area contributed by atoms with E-state index in [-0.39, 0.29) is 0 Å². The van der Waals surface area contributed by atoms with Gasteiger partial charge in [-0.3, -0.25) is 0 Å². The number of aryl methyl sites for hydroxylation is 3. The molecule has 0 aliphatic heterocycles. The van der Waals surface area contributed by atoms with Crippen molar-refractivity contribution < 1.29 is 0 Å². The van der Waals surface area contributed by atoms with Gasteiger partial charge in [-0.15, -0.1) is 68.0 Å². The second kappa shape index (κ2) is 16.5. The quantitative estimate of drug-likeness (QED) is 0.0768. The van der Waals surface area contributed by atoms with Crippen molar-refractivity contribution in [1.82, 2.24) is 0 Å². The summed E-state index contributed by atoms with van der Waals surface area (Å²) in [4.78, 5) is 13.2. The lowest BCUT2D eigenvalue weighted by Gasteiger charge is -1.96. The maximum Gasteiger partial charge on any atom is 0.0456 e. The van der Waals surface area contributed by atoms with E-state index in [1.165, 1.54) is 170 Å². The van der Waals surface area contributed by atoms with E-state index >= 15 is 0 Å². The standard InChI is InChI=1S/C42H48S6/c1-4-7-10-13-16-28-19-22-34(43-28)37-25-31-40(46-37)32-26-38(35-23-20-29(44-35)17-14-11-8-5-2)48-42(32)33-27-39(47-41(31)33)36-24-21-30(45-36)18-15-12-9-6-3/h19-27H,4-18H2,1-3H3. The summed E-state index contributed by atoms with van der Waals surface area (Å²) in [6, 6.07) is 21.9. The lowest BCUT2D eigenvalue weighted by Crippen LogP contribution is -1.80. The SMILES string of the molecule is CCCCCCc1ccc(-c2cc3c(s2)c2cc(-c4ccc(CCCCCC)s4)sc2c2cc(-c4ccc(CCCCCC)s4)sc32)s1. The zero-order chi connectivity index (χ0) is 32.9. The van der Waals surface area contributed by atoms with Crippen molar-refractivity contribution in [3.63, 3.8) is 0 Å². The number of unbranched alkanes of at least 4 members (excludes halogenated alkanes) is 9. The highest BCUT2D eigenvalue weighted by Gasteiger charge is 2.20. The first-order chi connectivity index (χ1) is 23.6. The Hall–Kier alpha value is -1.80. The molecule has 6 aromatic heterocycles. The molecule has 7 aromatic rings. The van der Waals surface area contributed by atoms with E-state index in [1.54, 1.807) is 0 Å². The Morgan fingerprint density at radius 1 is 0.333 bits per heavy atom. The first kappa shape index (κ1) is 34.6. The van der Waals surface area contributed by atoms with Gasteiger partial charge in [-0.2, -0.15) is 0 Å². The second-order valence-electron chi connectivity index (χ2n) is 13.3. The minimum absolute atomic E-state index is 1.22. The van der Waals surface area contributed by atoms with Crippen LogP contribution in [-0.4, -0.2) is 0 Å². The van der Waals surface area contributed by atoms with Crippen LogP contribution in [0.25, 0.3) is 59.5 Å². The molecule has 7 rings (SSSR count). The van der Waals surface area contributed by atoms with Crippen molar-refractivity contribution >= 4 is 98.3 Å². The molecule has 0 amide bonds. The molecule has 0 spiro atoms. The van der Waals surface area contributed by atoms with Gasteiger partial charge in [-0.25, -0.2) is 0 Å². The highest BCUT2D eigenvalue weighted by atomic mass is 32.1. The topological polar surface area (TPSA) is 0 Å². The molecule has 0 saturated carbocycles. The predicted octanol–water partition coefficient (Wildman–Crippen LogP) is 16.9. The lowest BCUT2D eigenvalue weighted by atomic mass is 10.1. The summed E-state index contributed by atoms with van der Waals surface area (Å²) in [6.45, 7) is 6.89. The lowest BCUT2D eigenvalue weighted by molar-refractivity contribution is 0.670. The number of fused-ring (bicyclic) bond motifs is 6. The summed E-state index contributed by atoms with van der Waals surface area (Å²) in [5.74, 6) is 0. The molecule has 0 unspecified atom stereocenters. The highest BCUT2D eigenvalue weighted by molar-refractivity contribution is 7.32. The third kappa shape index (κ3) is 7.75. The van der Waals surface area contributed by atoms with Crippen LogP contribution in [0.2, 0.25) is 0 Å². The first-order valence-corrected chi connectivity index (χ1v) is 23.2. The van der Waals surface area contributed by atoms with Crippen molar-refractivity contribution in [2.45, 2.75) is 117 Å². The largest absolute Gasteiger partial charge is 0.139 e. The van der Waals surface area contributed by atoms with Gasteiger partial charge in [0.1, 0.15) is 0 Å². The summed E-state index contributed by atoms with van der Waals surface area (Å²) in [5, 5.41) is 4.36. The van der Waals surface area contributed by atoms with E-state index in [0.29, 0.717) is 0 Å². The minimum Gasteiger partial charge on any atom is -0.139 e. The Morgan fingerprint density at radius 3 is 0.938 bits per heavy atom. The Morgan fingerprint density at radius 2 is 0.646 bits per heavy atom. The van der Waals surface area contributed by atoms with Crippen LogP contribution in [0.5, 0.6) is 0 Å². The summed E-state index contributed by atoms with van der Waals surface area (Å²) in [6.07, 6.45) is 19.6. The van der Waals surface area contributed by atoms with E-state index in [2.05, 4.69) is 75.4 Å². The van der Waals surface area contributed by atoms with Crippen LogP contribution in [0.3, 0.4) is 0 Å². The second-order valence-corrected chi connectivity index (χ2v) is 20.0. The smallest absolute Gasteiger partial charge is 0.0456 e. The van der Waals surface area contributed by atoms with E-state index in [4.69, 9.17) is 0 Å². The third-order valence-electron chi connectivity index (χ3n) is 9.47. The Balaban J connectivity index is 1.26. The van der Waals surface area contributed by atoms with E-state index in [9.17, 15) is 0 Å². The molecule has 1 aromatic carbocycles. The van der Waals surface area contributed by atoms with E-state index in [0.717, 1.165) is 0 Å². The fourth-order valence-corrected chi connectivity index (χ4v) is 13.9. The Kier molecular flexibility index (Phi) is 11.9. The van der Waals surface area contributed by atoms with Crippen LogP contribution in [0, 0.1) is 0 Å². The van der Waals surface area contributed by atoms with Crippen molar-refractivity contribution in [2.24, 2.45) is 0 Å². The molecule has 0 bridgehead atoms. The molecule has 0 N–H and O–H groups in total. The number of hydrogen-bond acceptors (Lipinski definition) is 6. The summed E-state index contributed by atoms with van der Waals surface area (Å²) >= 11 is 12.1. The van der Waals surface area contributed by atoms with Gasteiger partial charge in [0.25, 0.3) is 0 Å². The fraction of sp³-hybridized carbons (Fsp3) is 0.429. The van der Waals surface area contributed by atoms with E-state index < -0.39 is 0 Å². The van der Waals surface area contributed by atoms with Gasteiger partial charge in [0, 0.05) is 74.2 Å². The Labute approximate surface area is 311 Å². The van der Waals surface area contributed by atoms with Crippen LogP contribution in [-0.2, 0) is 19.3 Å². The zero-order valence-electron chi connectivity index (χ0n) is 28.8. The molecular weight excluding hydrogens is 697 g/mol. The maximum absolute atomic E-state index is 2.53. The zero-order valence-corrected chi connectivity index (χ0v) is 33.7. The van der Waals surface area contributed by atoms with Crippen molar-refractivity contribution in [3.8, 4) is 29.3 Å². The highest BCUT2D eigenvalue weighted by Crippen LogP contribution is 2.52. The van der Waals surface area contributed by atoms with E-state index in [1.807, 2.05) is 68.0 Å². The molecule has 0 saturated heterocycles. The van der Waals surface area contributed by atoms with Crippen LogP contribution < -0.4 is 0 Å². The van der Waals surface area contributed by atoms with Gasteiger partial charge in [-0.05, 0) is 93.1 Å². The van der Waals surface area contributed by atoms with Crippen molar-refractivity contribution in [2.75, 3.05) is 0 Å².